The van der Waals surface area contributed by atoms with Gasteiger partial charge in [0.05, 0.1) is 5.71 Å². The predicted octanol–water partition coefficient (Wildman–Crippen LogP) is 1.57. The van der Waals surface area contributed by atoms with E-state index in [9.17, 15) is 4.79 Å². The zero-order valence-corrected chi connectivity index (χ0v) is 10.7. The smallest absolute Gasteiger partial charge is 0.189 e. The molecule has 0 amide bonds. The summed E-state index contributed by atoms with van der Waals surface area (Å²) in [4.78, 5) is 10.4. The molecule has 0 saturated carbocycles. The number of hydrogen-bond acceptors (Lipinski definition) is 3. The Labute approximate surface area is 106 Å². The third-order valence-electron chi connectivity index (χ3n) is 2.06. The highest BCUT2D eigenvalue weighted by Gasteiger charge is 2.02. The summed E-state index contributed by atoms with van der Waals surface area (Å²) in [7, 11) is 1.70. The first-order valence-corrected chi connectivity index (χ1v) is 5.60. The molecule has 0 heterocycles. The van der Waals surface area contributed by atoms with Crippen LogP contribution in [-0.2, 0) is 11.3 Å². The molecule has 0 aliphatic carbocycles. The second-order valence-electron chi connectivity index (χ2n) is 3.53. The second kappa shape index (κ2) is 6.75. The van der Waals surface area contributed by atoms with Crippen LogP contribution in [0.2, 0.25) is 0 Å². The van der Waals surface area contributed by atoms with Crippen molar-refractivity contribution >= 4 is 29.3 Å². The average Bonchev–Trinajstić information content (AvgIpc) is 2.36. The molecule has 4 nitrogen and oxygen atoms in total. The van der Waals surface area contributed by atoms with E-state index in [1.807, 2.05) is 30.3 Å². The number of nitrogens with one attached hydrogen (secondary N) is 1. The number of thiocarbonyl (C=S) groups is 1. The number of hydrazone groups is 1. The molecule has 90 valence electrons. The van der Waals surface area contributed by atoms with Crippen LogP contribution in [0.25, 0.3) is 0 Å². The summed E-state index contributed by atoms with van der Waals surface area (Å²) in [5.41, 5.74) is 1.52. The van der Waals surface area contributed by atoms with Gasteiger partial charge in [-0.15, -0.1) is 0 Å². The van der Waals surface area contributed by atoms with Crippen LogP contribution in [0.3, 0.4) is 0 Å². The third kappa shape index (κ3) is 4.74. The van der Waals surface area contributed by atoms with E-state index in [0.717, 1.165) is 5.56 Å². The second-order valence-corrected chi connectivity index (χ2v) is 3.91. The summed E-state index contributed by atoms with van der Waals surface area (Å²) in [6.45, 7) is 2.27. The maximum absolute atomic E-state index is 10.4. The van der Waals surface area contributed by atoms with E-state index in [0.29, 0.717) is 23.7 Å². The predicted molar refractivity (Wildman–Crippen MR) is 72.8 cm³/mol. The molecular formula is C12H15N3OS. The van der Waals surface area contributed by atoms with Gasteiger partial charge in [0.15, 0.2) is 11.4 Å². The molecule has 0 fully saturated rings. The lowest BCUT2D eigenvalue weighted by atomic mass is 10.2. The molecule has 0 unspecified atom stereocenters. The fraction of sp³-hybridized carbons (Fsp3) is 0.250. The van der Waals surface area contributed by atoms with Crippen molar-refractivity contribution in [1.29, 1.82) is 0 Å². The number of carbonyl (C=O) groups is 1. The fourth-order valence-corrected chi connectivity index (χ4v) is 1.31. The minimum atomic E-state index is 0.386. The van der Waals surface area contributed by atoms with Gasteiger partial charge in [0.25, 0.3) is 0 Å². The third-order valence-corrected chi connectivity index (χ3v) is 2.47. The quantitative estimate of drug-likeness (QED) is 0.381. The largest absolute Gasteiger partial charge is 0.357 e. The summed E-state index contributed by atoms with van der Waals surface area (Å²) in [5, 5.41) is 9.00. The molecule has 0 saturated heterocycles. The van der Waals surface area contributed by atoms with E-state index < -0.39 is 0 Å². The monoisotopic (exact) mass is 249 g/mol. The summed E-state index contributed by atoms with van der Waals surface area (Å²) in [5.74, 6) is 0. The normalized spacial score (nSPS) is 10.8. The van der Waals surface area contributed by atoms with Crippen LogP contribution in [0.1, 0.15) is 12.5 Å². The van der Waals surface area contributed by atoms with Gasteiger partial charge in [0.1, 0.15) is 0 Å². The van der Waals surface area contributed by atoms with Crippen molar-refractivity contribution in [3.05, 3.63) is 35.9 Å². The molecule has 0 radical (unpaired) electrons. The molecule has 0 bridgehead atoms. The van der Waals surface area contributed by atoms with Gasteiger partial charge in [-0.25, -0.2) is 5.01 Å². The highest BCUT2D eigenvalue weighted by atomic mass is 32.1. The Bertz CT molecular complexity index is 417. The lowest BCUT2D eigenvalue weighted by Gasteiger charge is -2.16. The van der Waals surface area contributed by atoms with E-state index in [-0.39, 0.29) is 0 Å². The highest BCUT2D eigenvalue weighted by molar-refractivity contribution is 7.80. The van der Waals surface area contributed by atoms with Crippen molar-refractivity contribution in [2.45, 2.75) is 13.5 Å². The number of rotatable bonds is 4. The van der Waals surface area contributed by atoms with Gasteiger partial charge >= 0.3 is 0 Å². The Hall–Kier alpha value is -1.75. The molecule has 0 spiro atoms. The van der Waals surface area contributed by atoms with Gasteiger partial charge in [-0.2, -0.15) is 5.10 Å². The minimum absolute atomic E-state index is 0.386. The van der Waals surface area contributed by atoms with Crippen molar-refractivity contribution in [2.75, 3.05) is 7.05 Å². The first-order chi connectivity index (χ1) is 8.13. The number of benzene rings is 1. The summed E-state index contributed by atoms with van der Waals surface area (Å²) < 4.78 is 0. The van der Waals surface area contributed by atoms with Crippen LogP contribution in [0.15, 0.2) is 35.4 Å². The number of nitrogens with zero attached hydrogens (tertiary/aromatic N) is 2. The molecule has 17 heavy (non-hydrogen) atoms. The first kappa shape index (κ1) is 13.3. The van der Waals surface area contributed by atoms with Crippen LogP contribution >= 0.6 is 12.2 Å². The summed E-state index contributed by atoms with van der Waals surface area (Å²) in [6, 6.07) is 9.92. The zero-order chi connectivity index (χ0) is 12.7. The maximum atomic E-state index is 10.4. The topological polar surface area (TPSA) is 44.7 Å². The lowest BCUT2D eigenvalue weighted by molar-refractivity contribution is -0.102. The molecule has 1 rings (SSSR count). The molecule has 0 atom stereocenters. The fourth-order valence-electron chi connectivity index (χ4n) is 1.19. The Balaban J connectivity index is 2.47. The zero-order valence-electron chi connectivity index (χ0n) is 9.88. The Morgan fingerprint density at radius 2 is 2.12 bits per heavy atom. The Morgan fingerprint density at radius 3 is 2.71 bits per heavy atom. The molecule has 0 aliphatic rings. The highest BCUT2D eigenvalue weighted by Crippen LogP contribution is 1.98. The van der Waals surface area contributed by atoms with Crippen LogP contribution in [0, 0.1) is 0 Å². The Morgan fingerprint density at radius 1 is 1.47 bits per heavy atom. The van der Waals surface area contributed by atoms with Crippen LogP contribution in [-0.4, -0.2) is 29.2 Å². The van der Waals surface area contributed by atoms with Gasteiger partial charge in [0.2, 0.25) is 0 Å². The van der Waals surface area contributed by atoms with Crippen molar-refractivity contribution in [3.63, 3.8) is 0 Å². The lowest BCUT2D eigenvalue weighted by Crippen LogP contribution is -2.33. The van der Waals surface area contributed by atoms with Crippen molar-refractivity contribution < 1.29 is 4.79 Å². The van der Waals surface area contributed by atoms with E-state index in [1.54, 1.807) is 14.0 Å². The van der Waals surface area contributed by atoms with Crippen LogP contribution in [0.4, 0.5) is 0 Å². The summed E-state index contributed by atoms with van der Waals surface area (Å²) in [6.07, 6.45) is 0.691. The van der Waals surface area contributed by atoms with E-state index in [4.69, 9.17) is 12.2 Å². The number of carbonyl (C=O) groups excluding carboxylic acids is 1. The van der Waals surface area contributed by atoms with Gasteiger partial charge in [-0.05, 0) is 24.7 Å². The van der Waals surface area contributed by atoms with Crippen molar-refractivity contribution in [2.24, 2.45) is 5.10 Å². The van der Waals surface area contributed by atoms with Gasteiger partial charge in [-0.1, -0.05) is 30.3 Å². The Kier molecular flexibility index (Phi) is 5.29. The van der Waals surface area contributed by atoms with E-state index >= 15 is 0 Å². The van der Waals surface area contributed by atoms with Gasteiger partial charge in [-0.3, -0.25) is 4.79 Å². The van der Waals surface area contributed by atoms with Crippen LogP contribution in [0.5, 0.6) is 0 Å². The summed E-state index contributed by atoms with van der Waals surface area (Å²) >= 11 is 5.13. The maximum Gasteiger partial charge on any atom is 0.189 e. The average molecular weight is 249 g/mol. The van der Waals surface area contributed by atoms with Crippen LogP contribution < -0.4 is 5.32 Å². The van der Waals surface area contributed by atoms with Gasteiger partial charge in [0, 0.05) is 13.6 Å². The SMILES string of the molecule is CC(C=O)=NN(C)C(=S)NCc1ccccc1. The van der Waals surface area contributed by atoms with E-state index in [2.05, 4.69) is 10.4 Å². The molecule has 5 heteroatoms. The molecule has 1 aromatic rings. The first-order valence-electron chi connectivity index (χ1n) is 5.19. The molecule has 0 aromatic heterocycles. The van der Waals surface area contributed by atoms with Crippen molar-refractivity contribution in [1.82, 2.24) is 10.3 Å². The minimum Gasteiger partial charge on any atom is -0.357 e. The van der Waals surface area contributed by atoms with Crippen molar-refractivity contribution in [3.8, 4) is 0 Å². The standard InChI is InChI=1S/C12H15N3OS/c1-10(9-16)14-15(2)12(17)13-8-11-6-4-3-5-7-11/h3-7,9H,8H2,1-2H3,(H,13,17). The molecule has 1 N–H and O–H groups in total. The number of hydrogen-bond donors (Lipinski definition) is 1. The molecular weight excluding hydrogens is 234 g/mol. The molecule has 0 aliphatic heterocycles. The van der Waals surface area contributed by atoms with E-state index in [1.165, 1.54) is 5.01 Å². The van der Waals surface area contributed by atoms with Gasteiger partial charge < -0.3 is 5.32 Å². The number of aldehydes is 1. The molecule has 1 aromatic carbocycles.